The van der Waals surface area contributed by atoms with Crippen LogP contribution >= 0.6 is 0 Å². The number of amides is 2. The monoisotopic (exact) mass is 269 g/mol. The minimum atomic E-state index is 0.0983. The molecule has 2 saturated heterocycles. The first kappa shape index (κ1) is 14.6. The molecule has 0 aliphatic carbocycles. The average Bonchev–Trinajstić information content (AvgIpc) is 2.40. The molecule has 2 fully saturated rings. The van der Waals surface area contributed by atoms with Crippen LogP contribution in [0.1, 0.15) is 33.1 Å². The highest BCUT2D eigenvalue weighted by molar-refractivity contribution is 5.75. The van der Waals surface area contributed by atoms with Crippen molar-refractivity contribution in [1.82, 2.24) is 15.1 Å². The van der Waals surface area contributed by atoms with Gasteiger partial charge in [-0.15, -0.1) is 0 Å². The van der Waals surface area contributed by atoms with Crippen LogP contribution in [0.2, 0.25) is 0 Å². The van der Waals surface area contributed by atoms with E-state index < -0.39 is 0 Å². The Hall–Kier alpha value is -0.810. The van der Waals surface area contributed by atoms with E-state index in [1.807, 2.05) is 4.90 Å². The van der Waals surface area contributed by atoms with Gasteiger partial charge in [0.15, 0.2) is 0 Å². The number of nitrogens with one attached hydrogen (secondary N) is 1. The molecule has 5 nitrogen and oxygen atoms in total. The van der Waals surface area contributed by atoms with E-state index >= 15 is 0 Å². The fourth-order valence-corrected chi connectivity index (χ4v) is 3.01. The second kappa shape index (κ2) is 7.10. The van der Waals surface area contributed by atoms with Crippen LogP contribution < -0.4 is 5.32 Å². The van der Waals surface area contributed by atoms with Gasteiger partial charge in [0.1, 0.15) is 0 Å². The van der Waals surface area contributed by atoms with Crippen LogP contribution in [0.4, 0.5) is 4.79 Å². The summed E-state index contributed by atoms with van der Waals surface area (Å²) >= 11 is 0. The SMILES string of the molecule is CCCNC(=O)N1CC(N(CC)C2CCOCC2)C1. The number of carbonyl (C=O) groups is 1. The van der Waals surface area contributed by atoms with E-state index in [-0.39, 0.29) is 6.03 Å². The van der Waals surface area contributed by atoms with E-state index in [0.29, 0.717) is 12.1 Å². The van der Waals surface area contributed by atoms with Gasteiger partial charge in [0, 0.05) is 44.9 Å². The van der Waals surface area contributed by atoms with E-state index in [0.717, 1.165) is 58.7 Å². The van der Waals surface area contributed by atoms with Crippen molar-refractivity contribution in [3.63, 3.8) is 0 Å². The lowest BCUT2D eigenvalue weighted by molar-refractivity contribution is -0.0163. The number of hydrogen-bond donors (Lipinski definition) is 1. The Morgan fingerprint density at radius 1 is 1.26 bits per heavy atom. The highest BCUT2D eigenvalue weighted by Crippen LogP contribution is 2.22. The first-order valence-electron chi connectivity index (χ1n) is 7.62. The Bertz CT molecular complexity index is 286. The molecular weight excluding hydrogens is 242 g/mol. The minimum absolute atomic E-state index is 0.0983. The molecule has 5 heteroatoms. The van der Waals surface area contributed by atoms with E-state index in [4.69, 9.17) is 4.74 Å². The lowest BCUT2D eigenvalue weighted by Gasteiger charge is -2.48. The van der Waals surface area contributed by atoms with Crippen LogP contribution in [0.3, 0.4) is 0 Å². The van der Waals surface area contributed by atoms with Crippen molar-refractivity contribution < 1.29 is 9.53 Å². The highest BCUT2D eigenvalue weighted by atomic mass is 16.5. The van der Waals surface area contributed by atoms with Crippen LogP contribution in [0.15, 0.2) is 0 Å². The summed E-state index contributed by atoms with van der Waals surface area (Å²) in [5.41, 5.74) is 0. The third kappa shape index (κ3) is 3.60. The van der Waals surface area contributed by atoms with Crippen molar-refractivity contribution in [3.8, 4) is 0 Å². The molecule has 2 rings (SSSR count). The van der Waals surface area contributed by atoms with E-state index in [1.165, 1.54) is 0 Å². The molecule has 0 aromatic heterocycles. The van der Waals surface area contributed by atoms with Crippen molar-refractivity contribution in [2.75, 3.05) is 39.4 Å². The van der Waals surface area contributed by atoms with Gasteiger partial charge >= 0.3 is 6.03 Å². The quantitative estimate of drug-likeness (QED) is 0.818. The number of nitrogens with zero attached hydrogens (tertiary/aromatic N) is 2. The van der Waals surface area contributed by atoms with Gasteiger partial charge in [-0.05, 0) is 25.8 Å². The van der Waals surface area contributed by atoms with Gasteiger partial charge in [0.2, 0.25) is 0 Å². The number of ether oxygens (including phenoxy) is 1. The van der Waals surface area contributed by atoms with Crippen LogP contribution in [-0.4, -0.2) is 67.3 Å². The highest BCUT2D eigenvalue weighted by Gasteiger charge is 2.37. The fraction of sp³-hybridized carbons (Fsp3) is 0.929. The second-order valence-electron chi connectivity index (χ2n) is 5.46. The van der Waals surface area contributed by atoms with Crippen LogP contribution in [0, 0.1) is 0 Å². The van der Waals surface area contributed by atoms with E-state index in [1.54, 1.807) is 0 Å². The van der Waals surface area contributed by atoms with Gasteiger partial charge in [0.05, 0.1) is 0 Å². The van der Waals surface area contributed by atoms with Gasteiger partial charge < -0.3 is 15.0 Å². The van der Waals surface area contributed by atoms with Crippen molar-refractivity contribution in [1.29, 1.82) is 0 Å². The molecule has 110 valence electrons. The van der Waals surface area contributed by atoms with Crippen molar-refractivity contribution in [2.24, 2.45) is 0 Å². The maximum atomic E-state index is 11.8. The molecule has 0 spiro atoms. The zero-order chi connectivity index (χ0) is 13.7. The lowest BCUT2D eigenvalue weighted by Crippen LogP contribution is -2.65. The summed E-state index contributed by atoms with van der Waals surface area (Å²) < 4.78 is 5.43. The predicted octanol–water partition coefficient (Wildman–Crippen LogP) is 1.29. The molecule has 19 heavy (non-hydrogen) atoms. The third-order valence-corrected chi connectivity index (χ3v) is 4.17. The number of carbonyl (C=O) groups excluding carboxylic acids is 1. The first-order chi connectivity index (χ1) is 9.26. The fourth-order valence-electron chi connectivity index (χ4n) is 3.01. The Kier molecular flexibility index (Phi) is 5.45. The molecular formula is C14H27N3O2. The molecule has 2 aliphatic rings. The average molecular weight is 269 g/mol. The Balaban J connectivity index is 1.75. The molecule has 2 amide bonds. The summed E-state index contributed by atoms with van der Waals surface area (Å²) in [4.78, 5) is 16.3. The summed E-state index contributed by atoms with van der Waals surface area (Å²) in [6, 6.07) is 1.28. The van der Waals surface area contributed by atoms with Crippen molar-refractivity contribution >= 4 is 6.03 Å². The molecule has 0 aromatic carbocycles. The maximum Gasteiger partial charge on any atom is 0.317 e. The van der Waals surface area contributed by atoms with Gasteiger partial charge in [-0.3, -0.25) is 4.90 Å². The lowest BCUT2D eigenvalue weighted by atomic mass is 10.0. The first-order valence-corrected chi connectivity index (χ1v) is 7.62. The molecule has 0 aromatic rings. The van der Waals surface area contributed by atoms with Gasteiger partial charge in [-0.1, -0.05) is 13.8 Å². The topological polar surface area (TPSA) is 44.8 Å². The summed E-state index contributed by atoms with van der Waals surface area (Å²) in [5.74, 6) is 0. The van der Waals surface area contributed by atoms with E-state index in [9.17, 15) is 4.79 Å². The van der Waals surface area contributed by atoms with E-state index in [2.05, 4.69) is 24.1 Å². The normalized spacial score (nSPS) is 21.5. The summed E-state index contributed by atoms with van der Waals surface area (Å²) in [7, 11) is 0. The van der Waals surface area contributed by atoms with Crippen LogP contribution in [0.5, 0.6) is 0 Å². The summed E-state index contributed by atoms with van der Waals surface area (Å²) in [6.45, 7) is 9.65. The van der Waals surface area contributed by atoms with Crippen LogP contribution in [-0.2, 0) is 4.74 Å². The minimum Gasteiger partial charge on any atom is -0.381 e. The zero-order valence-electron chi connectivity index (χ0n) is 12.2. The number of urea groups is 1. The zero-order valence-corrected chi connectivity index (χ0v) is 12.2. The second-order valence-corrected chi connectivity index (χ2v) is 5.46. The molecule has 0 bridgehead atoms. The summed E-state index contributed by atoms with van der Waals surface area (Å²) in [6.07, 6.45) is 3.25. The van der Waals surface area contributed by atoms with Crippen molar-refractivity contribution in [3.05, 3.63) is 0 Å². The third-order valence-electron chi connectivity index (χ3n) is 4.17. The molecule has 2 aliphatic heterocycles. The van der Waals surface area contributed by atoms with Gasteiger partial charge in [-0.2, -0.15) is 0 Å². The Morgan fingerprint density at radius 2 is 1.95 bits per heavy atom. The summed E-state index contributed by atoms with van der Waals surface area (Å²) in [5, 5.41) is 2.94. The molecule has 0 unspecified atom stereocenters. The van der Waals surface area contributed by atoms with Gasteiger partial charge in [-0.25, -0.2) is 4.79 Å². The number of hydrogen-bond acceptors (Lipinski definition) is 3. The predicted molar refractivity (Wildman–Crippen MR) is 75.3 cm³/mol. The molecule has 0 atom stereocenters. The standard InChI is InChI=1S/C14H27N3O2/c1-3-7-15-14(18)16-10-13(11-16)17(4-2)12-5-8-19-9-6-12/h12-13H,3-11H2,1-2H3,(H,15,18). The number of rotatable bonds is 5. The molecule has 2 heterocycles. The smallest absolute Gasteiger partial charge is 0.317 e. The van der Waals surface area contributed by atoms with Crippen LogP contribution in [0.25, 0.3) is 0 Å². The number of likely N-dealkylation sites (tertiary alicyclic amines) is 1. The van der Waals surface area contributed by atoms with Gasteiger partial charge in [0.25, 0.3) is 0 Å². The maximum absolute atomic E-state index is 11.8. The molecule has 0 saturated carbocycles. The number of likely N-dealkylation sites (N-methyl/N-ethyl adjacent to an activating group) is 1. The van der Waals surface area contributed by atoms with Crippen molar-refractivity contribution in [2.45, 2.75) is 45.2 Å². The molecule has 0 radical (unpaired) electrons. The Labute approximate surface area is 116 Å². The Morgan fingerprint density at radius 3 is 2.53 bits per heavy atom. The molecule has 1 N–H and O–H groups in total. The largest absolute Gasteiger partial charge is 0.381 e.